The van der Waals surface area contributed by atoms with Gasteiger partial charge in [-0.3, -0.25) is 4.79 Å². The van der Waals surface area contributed by atoms with Crippen LogP contribution in [0.15, 0.2) is 24.7 Å². The number of carbonyl (C=O) groups excluding carboxylic acids is 1. The summed E-state index contributed by atoms with van der Waals surface area (Å²) >= 11 is 1.24. The molecule has 0 radical (unpaired) electrons. The molecule has 110 valence electrons. The van der Waals surface area contributed by atoms with Crippen molar-refractivity contribution in [3.63, 3.8) is 0 Å². The summed E-state index contributed by atoms with van der Waals surface area (Å²) in [6.07, 6.45) is 6.44. The number of hydrogen-bond acceptors (Lipinski definition) is 7. The maximum absolute atomic E-state index is 12.0. The van der Waals surface area contributed by atoms with Crippen LogP contribution in [0.2, 0.25) is 0 Å². The van der Waals surface area contributed by atoms with E-state index in [1.807, 2.05) is 0 Å². The summed E-state index contributed by atoms with van der Waals surface area (Å²) in [5.74, 6) is -0.0270. The van der Waals surface area contributed by atoms with E-state index in [0.717, 1.165) is 12.8 Å². The van der Waals surface area contributed by atoms with E-state index < -0.39 is 0 Å². The normalized spacial score (nSPS) is 20.6. The fraction of sp³-hybridized carbons (Fsp3) is 0.385. The minimum absolute atomic E-state index is 0.000625. The average Bonchev–Trinajstić information content (AvgIpc) is 2.86. The number of amides is 1. The number of ether oxygens (including phenoxy) is 2. The molecule has 1 fully saturated rings. The Balaban J connectivity index is 1.54. The fourth-order valence-corrected chi connectivity index (χ4v) is 2.64. The summed E-state index contributed by atoms with van der Waals surface area (Å²) in [7, 11) is 1.66. The molecule has 1 amide bonds. The number of thiazole rings is 1. The van der Waals surface area contributed by atoms with Gasteiger partial charge in [0.1, 0.15) is 0 Å². The van der Waals surface area contributed by atoms with Crippen molar-refractivity contribution in [3.8, 4) is 11.1 Å². The fourth-order valence-electron chi connectivity index (χ4n) is 1.97. The summed E-state index contributed by atoms with van der Waals surface area (Å²) < 4.78 is 10.6. The first kappa shape index (κ1) is 13.9. The minimum atomic E-state index is -0.0276. The van der Waals surface area contributed by atoms with Crippen LogP contribution in [0.1, 0.15) is 12.8 Å². The third-order valence-electron chi connectivity index (χ3n) is 3.25. The van der Waals surface area contributed by atoms with Gasteiger partial charge >= 0.3 is 6.01 Å². The Kier molecular flexibility index (Phi) is 4.07. The van der Waals surface area contributed by atoms with Crippen molar-refractivity contribution < 1.29 is 14.3 Å². The molecule has 8 heteroatoms. The maximum Gasteiger partial charge on any atom is 0.322 e. The van der Waals surface area contributed by atoms with Gasteiger partial charge < -0.3 is 14.8 Å². The molecule has 2 aromatic heterocycles. The smallest absolute Gasteiger partial charge is 0.322 e. The molecule has 2 heterocycles. The summed E-state index contributed by atoms with van der Waals surface area (Å²) in [5.41, 5.74) is 0. The van der Waals surface area contributed by atoms with Gasteiger partial charge in [-0.1, -0.05) is 11.3 Å². The van der Waals surface area contributed by atoms with Crippen LogP contribution in [0.3, 0.4) is 0 Å². The van der Waals surface area contributed by atoms with Gasteiger partial charge in [0.15, 0.2) is 5.13 Å². The predicted octanol–water partition coefficient (Wildman–Crippen LogP) is 2.09. The van der Waals surface area contributed by atoms with Gasteiger partial charge in [-0.2, -0.15) is 0 Å². The highest BCUT2D eigenvalue weighted by atomic mass is 32.1. The molecule has 0 spiro atoms. The van der Waals surface area contributed by atoms with E-state index >= 15 is 0 Å². The van der Waals surface area contributed by atoms with Crippen molar-refractivity contribution in [3.05, 3.63) is 24.7 Å². The topological polar surface area (TPSA) is 86.2 Å². The van der Waals surface area contributed by atoms with E-state index in [0.29, 0.717) is 10.2 Å². The number of anilines is 1. The first-order chi connectivity index (χ1) is 10.2. The Morgan fingerprint density at radius 2 is 2.10 bits per heavy atom. The highest BCUT2D eigenvalue weighted by molar-refractivity contribution is 7.17. The van der Waals surface area contributed by atoms with Gasteiger partial charge in [0, 0.05) is 25.4 Å². The molecule has 1 aliphatic rings. The largest absolute Gasteiger partial charge is 0.411 e. The Hall–Kier alpha value is -2.06. The van der Waals surface area contributed by atoms with E-state index in [1.54, 1.807) is 25.6 Å². The van der Waals surface area contributed by atoms with Gasteiger partial charge in [0.2, 0.25) is 11.0 Å². The summed E-state index contributed by atoms with van der Waals surface area (Å²) in [4.78, 5) is 24.0. The molecule has 0 aromatic carbocycles. The van der Waals surface area contributed by atoms with Crippen LogP contribution in [0.5, 0.6) is 11.1 Å². The van der Waals surface area contributed by atoms with Crippen LogP contribution >= 0.6 is 11.3 Å². The lowest BCUT2D eigenvalue weighted by Crippen LogP contribution is -2.38. The molecule has 0 saturated heterocycles. The van der Waals surface area contributed by atoms with Crippen molar-refractivity contribution in [2.24, 2.45) is 5.92 Å². The number of nitrogens with zero attached hydrogens (tertiary/aromatic N) is 3. The van der Waals surface area contributed by atoms with Gasteiger partial charge in [-0.05, 0) is 18.9 Å². The first-order valence-corrected chi connectivity index (χ1v) is 7.30. The van der Waals surface area contributed by atoms with Gasteiger partial charge in [-0.25, -0.2) is 15.0 Å². The summed E-state index contributed by atoms with van der Waals surface area (Å²) in [5, 5.41) is 3.82. The Labute approximate surface area is 125 Å². The number of carbonyl (C=O) groups is 1. The van der Waals surface area contributed by atoms with E-state index in [-0.39, 0.29) is 23.9 Å². The van der Waals surface area contributed by atoms with Crippen LogP contribution in [0.25, 0.3) is 0 Å². The van der Waals surface area contributed by atoms with E-state index in [9.17, 15) is 4.79 Å². The molecule has 0 unspecified atom stereocenters. The zero-order chi connectivity index (χ0) is 14.7. The second-order valence-corrected chi connectivity index (χ2v) is 5.63. The standard InChI is InChI=1S/C13H14N4O3S/c1-19-9-5-8(6-9)11(18)17-13-16-7-10(21-13)20-12-14-3-2-4-15-12/h2-4,7-9H,5-6H2,1H3,(H,16,17,18). The van der Waals surface area contributed by atoms with E-state index in [4.69, 9.17) is 9.47 Å². The predicted molar refractivity (Wildman–Crippen MR) is 76.4 cm³/mol. The highest BCUT2D eigenvalue weighted by Gasteiger charge is 2.34. The third kappa shape index (κ3) is 3.34. The van der Waals surface area contributed by atoms with Crippen molar-refractivity contribution >= 4 is 22.4 Å². The summed E-state index contributed by atoms with van der Waals surface area (Å²) in [6.45, 7) is 0. The van der Waals surface area contributed by atoms with E-state index in [2.05, 4.69) is 20.3 Å². The van der Waals surface area contributed by atoms with Crippen LogP contribution in [-0.4, -0.2) is 34.1 Å². The molecular formula is C13H14N4O3S. The SMILES string of the molecule is COC1CC(C(=O)Nc2ncc(Oc3ncccn3)s2)C1. The molecule has 0 aliphatic heterocycles. The Morgan fingerprint density at radius 1 is 1.33 bits per heavy atom. The molecule has 7 nitrogen and oxygen atoms in total. The van der Waals surface area contributed by atoms with Gasteiger partial charge in [-0.15, -0.1) is 0 Å². The van der Waals surface area contributed by atoms with Crippen molar-refractivity contribution in [1.82, 2.24) is 15.0 Å². The second kappa shape index (κ2) is 6.15. The molecule has 0 atom stereocenters. The molecule has 21 heavy (non-hydrogen) atoms. The zero-order valence-electron chi connectivity index (χ0n) is 11.4. The Bertz CT molecular complexity index is 613. The third-order valence-corrected chi connectivity index (χ3v) is 4.04. The average molecular weight is 306 g/mol. The molecule has 1 aliphatic carbocycles. The van der Waals surface area contributed by atoms with Crippen LogP contribution in [0.4, 0.5) is 5.13 Å². The molecular weight excluding hydrogens is 292 g/mol. The van der Waals surface area contributed by atoms with Gasteiger partial charge in [0.05, 0.1) is 12.3 Å². The van der Waals surface area contributed by atoms with E-state index in [1.165, 1.54) is 17.5 Å². The number of nitrogens with one attached hydrogen (secondary N) is 1. The van der Waals surface area contributed by atoms with Gasteiger partial charge in [0.25, 0.3) is 0 Å². The quantitative estimate of drug-likeness (QED) is 0.910. The number of aromatic nitrogens is 3. The lowest BCUT2D eigenvalue weighted by molar-refractivity contribution is -0.127. The highest BCUT2D eigenvalue weighted by Crippen LogP contribution is 2.33. The molecule has 1 saturated carbocycles. The number of hydrogen-bond donors (Lipinski definition) is 1. The minimum Gasteiger partial charge on any atom is -0.411 e. The summed E-state index contributed by atoms with van der Waals surface area (Å²) in [6, 6.07) is 1.96. The first-order valence-electron chi connectivity index (χ1n) is 6.49. The molecule has 0 bridgehead atoms. The van der Waals surface area contributed by atoms with Crippen LogP contribution in [0, 0.1) is 5.92 Å². The lowest BCUT2D eigenvalue weighted by atomic mass is 9.82. The lowest BCUT2D eigenvalue weighted by Gasteiger charge is -2.32. The molecule has 3 rings (SSSR count). The molecule has 2 aromatic rings. The second-order valence-electron chi connectivity index (χ2n) is 4.63. The van der Waals surface area contributed by atoms with Crippen molar-refractivity contribution in [2.45, 2.75) is 18.9 Å². The Morgan fingerprint density at radius 3 is 2.81 bits per heavy atom. The zero-order valence-corrected chi connectivity index (χ0v) is 12.2. The van der Waals surface area contributed by atoms with Crippen molar-refractivity contribution in [1.29, 1.82) is 0 Å². The van der Waals surface area contributed by atoms with Crippen molar-refractivity contribution in [2.75, 3.05) is 12.4 Å². The molecule has 1 N–H and O–H groups in total. The maximum atomic E-state index is 12.0. The monoisotopic (exact) mass is 306 g/mol. The number of rotatable bonds is 5. The number of methoxy groups -OCH3 is 1. The van der Waals surface area contributed by atoms with Crippen LogP contribution < -0.4 is 10.1 Å². The van der Waals surface area contributed by atoms with Crippen LogP contribution in [-0.2, 0) is 9.53 Å².